The Bertz CT molecular complexity index is 697. The number of rotatable bonds is 3. The summed E-state index contributed by atoms with van der Waals surface area (Å²) in [6.07, 6.45) is 0. The normalized spacial score (nSPS) is 11.3. The highest BCUT2D eigenvalue weighted by Crippen LogP contribution is 2.22. The summed E-state index contributed by atoms with van der Waals surface area (Å²) in [6, 6.07) is 11.6. The molecule has 0 aliphatic rings. The van der Waals surface area contributed by atoms with Gasteiger partial charge in [-0.15, -0.1) is 0 Å². The van der Waals surface area contributed by atoms with Crippen molar-refractivity contribution < 1.29 is 10.0 Å². The van der Waals surface area contributed by atoms with Gasteiger partial charge in [0, 0.05) is 10.7 Å². The third-order valence-corrected chi connectivity index (χ3v) is 3.45. The number of hydrogen-bond donors (Lipinski definition) is 2. The third-order valence-electron chi connectivity index (χ3n) is 2.88. The van der Waals surface area contributed by atoms with E-state index < -0.39 is 0 Å². The Hall–Kier alpha value is -2.04. The van der Waals surface area contributed by atoms with Gasteiger partial charge in [-0.2, -0.15) is 0 Å². The molecule has 0 aromatic heterocycles. The number of anilines is 1. The first-order valence-electron chi connectivity index (χ1n) is 6.07. The van der Waals surface area contributed by atoms with Crippen LogP contribution in [0.4, 0.5) is 5.69 Å². The van der Waals surface area contributed by atoms with Crippen molar-refractivity contribution in [2.24, 2.45) is 5.16 Å². The van der Waals surface area contributed by atoms with Crippen LogP contribution in [0.2, 0.25) is 10.0 Å². The maximum absolute atomic E-state index is 12.1. The van der Waals surface area contributed by atoms with Gasteiger partial charge < -0.3 is 10.5 Å². The molecular formula is C15H12Cl2N2O2. The summed E-state index contributed by atoms with van der Waals surface area (Å²) in [5.41, 5.74) is 2.16. The van der Waals surface area contributed by atoms with Gasteiger partial charge in [-0.25, -0.2) is 0 Å². The zero-order chi connectivity index (χ0) is 15.4. The molecule has 0 saturated heterocycles. The molecule has 0 saturated carbocycles. The second-order valence-corrected chi connectivity index (χ2v) is 5.18. The molecular weight excluding hydrogens is 311 g/mol. The maximum Gasteiger partial charge on any atom is 0.257 e. The number of hydrogen-bond acceptors (Lipinski definition) is 3. The molecule has 0 bridgehead atoms. The Labute approximate surface area is 132 Å². The summed E-state index contributed by atoms with van der Waals surface area (Å²) in [7, 11) is 0. The van der Waals surface area contributed by atoms with E-state index in [2.05, 4.69) is 10.5 Å². The summed E-state index contributed by atoms with van der Waals surface area (Å²) in [4.78, 5) is 12.1. The predicted octanol–water partition coefficient (Wildman–Crippen LogP) is 4.44. The van der Waals surface area contributed by atoms with Gasteiger partial charge in [-0.1, -0.05) is 40.5 Å². The summed E-state index contributed by atoms with van der Waals surface area (Å²) in [5.74, 6) is -0.345. The minimum Gasteiger partial charge on any atom is -0.411 e. The van der Waals surface area contributed by atoms with Crippen LogP contribution in [0.1, 0.15) is 22.8 Å². The van der Waals surface area contributed by atoms with Crippen molar-refractivity contribution in [3.8, 4) is 0 Å². The molecule has 2 N–H and O–H groups in total. The van der Waals surface area contributed by atoms with Gasteiger partial charge in [0.05, 0.1) is 16.3 Å². The van der Waals surface area contributed by atoms with Crippen molar-refractivity contribution in [2.45, 2.75) is 6.92 Å². The molecule has 2 rings (SSSR count). The van der Waals surface area contributed by atoms with E-state index in [1.807, 2.05) is 0 Å². The fourth-order valence-corrected chi connectivity index (χ4v) is 2.10. The third kappa shape index (κ3) is 3.74. The largest absolute Gasteiger partial charge is 0.411 e. The topological polar surface area (TPSA) is 61.7 Å². The highest BCUT2D eigenvalue weighted by molar-refractivity contribution is 6.36. The lowest BCUT2D eigenvalue weighted by atomic mass is 10.1. The number of nitrogens with one attached hydrogen (secondary N) is 1. The zero-order valence-electron chi connectivity index (χ0n) is 11.1. The van der Waals surface area contributed by atoms with Crippen LogP contribution in [0.15, 0.2) is 47.6 Å². The van der Waals surface area contributed by atoms with Gasteiger partial charge >= 0.3 is 0 Å². The van der Waals surface area contributed by atoms with Crippen molar-refractivity contribution in [2.75, 3.05) is 5.32 Å². The number of benzene rings is 2. The second-order valence-electron chi connectivity index (χ2n) is 4.34. The van der Waals surface area contributed by atoms with Gasteiger partial charge in [0.15, 0.2) is 0 Å². The Morgan fingerprint density at radius 1 is 1.14 bits per heavy atom. The maximum atomic E-state index is 12.1. The van der Waals surface area contributed by atoms with Crippen LogP contribution in [-0.2, 0) is 0 Å². The molecule has 0 heterocycles. The van der Waals surface area contributed by atoms with E-state index >= 15 is 0 Å². The highest BCUT2D eigenvalue weighted by Gasteiger charge is 2.11. The molecule has 0 aliphatic carbocycles. The van der Waals surface area contributed by atoms with E-state index in [1.165, 1.54) is 6.07 Å². The molecule has 108 valence electrons. The van der Waals surface area contributed by atoms with Crippen molar-refractivity contribution in [1.29, 1.82) is 0 Å². The number of nitrogens with zero attached hydrogens (tertiary/aromatic N) is 1. The predicted molar refractivity (Wildman–Crippen MR) is 84.9 cm³/mol. The molecule has 4 nitrogen and oxygen atoms in total. The second kappa shape index (κ2) is 6.61. The lowest BCUT2D eigenvalue weighted by Crippen LogP contribution is -2.12. The Morgan fingerprint density at radius 2 is 1.81 bits per heavy atom. The summed E-state index contributed by atoms with van der Waals surface area (Å²) >= 11 is 11.8. The Morgan fingerprint density at radius 3 is 2.43 bits per heavy atom. The molecule has 0 radical (unpaired) electrons. The molecule has 0 spiro atoms. The van der Waals surface area contributed by atoms with E-state index in [1.54, 1.807) is 43.3 Å². The number of halogens is 2. The van der Waals surface area contributed by atoms with Crippen molar-refractivity contribution in [3.63, 3.8) is 0 Å². The number of carbonyl (C=O) groups excluding carboxylic acids is 1. The van der Waals surface area contributed by atoms with Gasteiger partial charge in [0.2, 0.25) is 0 Å². The van der Waals surface area contributed by atoms with E-state index in [-0.39, 0.29) is 5.91 Å². The standard InChI is InChI=1S/C15H12Cl2N2O2/c1-9(19-21)10-2-5-12(6-3-10)18-15(20)13-8-11(16)4-7-14(13)17/h2-8,21H,1H3,(H,18,20)/b19-9+. The average molecular weight is 323 g/mol. The molecule has 2 aromatic carbocycles. The Balaban J connectivity index is 2.18. The first-order chi connectivity index (χ1) is 10.0. The fraction of sp³-hybridized carbons (Fsp3) is 0.0667. The van der Waals surface area contributed by atoms with Crippen LogP contribution in [0.25, 0.3) is 0 Å². The van der Waals surface area contributed by atoms with Crippen LogP contribution in [0, 0.1) is 0 Å². The molecule has 21 heavy (non-hydrogen) atoms. The zero-order valence-corrected chi connectivity index (χ0v) is 12.6. The van der Waals surface area contributed by atoms with Crippen molar-refractivity contribution in [1.82, 2.24) is 0 Å². The van der Waals surface area contributed by atoms with Gasteiger partial charge in [-0.05, 0) is 42.8 Å². The minimum atomic E-state index is -0.345. The van der Waals surface area contributed by atoms with E-state index in [0.29, 0.717) is 27.0 Å². The van der Waals surface area contributed by atoms with Crippen LogP contribution in [-0.4, -0.2) is 16.8 Å². The number of oxime groups is 1. The lowest BCUT2D eigenvalue weighted by Gasteiger charge is -2.08. The summed E-state index contributed by atoms with van der Waals surface area (Å²) < 4.78 is 0. The minimum absolute atomic E-state index is 0.307. The van der Waals surface area contributed by atoms with Crippen LogP contribution < -0.4 is 5.32 Å². The van der Waals surface area contributed by atoms with Crippen molar-refractivity contribution in [3.05, 3.63) is 63.6 Å². The first kappa shape index (κ1) is 15.4. The van der Waals surface area contributed by atoms with Crippen molar-refractivity contribution >= 4 is 40.5 Å². The molecule has 1 amide bonds. The number of carbonyl (C=O) groups is 1. The monoisotopic (exact) mass is 322 g/mol. The van der Waals surface area contributed by atoms with E-state index in [4.69, 9.17) is 28.4 Å². The average Bonchev–Trinajstić information content (AvgIpc) is 2.49. The van der Waals surface area contributed by atoms with Crippen LogP contribution in [0.5, 0.6) is 0 Å². The van der Waals surface area contributed by atoms with E-state index in [9.17, 15) is 4.79 Å². The molecule has 6 heteroatoms. The molecule has 2 aromatic rings. The number of amides is 1. The highest BCUT2D eigenvalue weighted by atomic mass is 35.5. The molecule has 0 unspecified atom stereocenters. The van der Waals surface area contributed by atoms with Gasteiger partial charge in [0.25, 0.3) is 5.91 Å². The molecule has 0 atom stereocenters. The molecule has 0 fully saturated rings. The molecule has 0 aliphatic heterocycles. The smallest absolute Gasteiger partial charge is 0.257 e. The SMILES string of the molecule is C/C(=N\O)c1ccc(NC(=O)c2cc(Cl)ccc2Cl)cc1. The lowest BCUT2D eigenvalue weighted by molar-refractivity contribution is 0.102. The van der Waals surface area contributed by atoms with Gasteiger partial charge in [0.1, 0.15) is 0 Å². The quantitative estimate of drug-likeness (QED) is 0.498. The summed E-state index contributed by atoms with van der Waals surface area (Å²) in [5, 5.41) is 15.3. The van der Waals surface area contributed by atoms with Gasteiger partial charge in [-0.3, -0.25) is 4.79 Å². The van der Waals surface area contributed by atoms with Crippen LogP contribution in [0.3, 0.4) is 0 Å². The van der Waals surface area contributed by atoms with E-state index in [0.717, 1.165) is 5.56 Å². The fourth-order valence-electron chi connectivity index (χ4n) is 1.72. The first-order valence-corrected chi connectivity index (χ1v) is 6.82. The van der Waals surface area contributed by atoms with Crippen LogP contribution >= 0.6 is 23.2 Å². The summed E-state index contributed by atoms with van der Waals surface area (Å²) in [6.45, 7) is 1.68. The Kier molecular flexibility index (Phi) is 4.83.